The van der Waals surface area contributed by atoms with Gasteiger partial charge in [-0.1, -0.05) is 25.1 Å². The van der Waals surface area contributed by atoms with Crippen LogP contribution in [0.5, 0.6) is 0 Å². The van der Waals surface area contributed by atoms with Crippen molar-refractivity contribution in [2.45, 2.75) is 26.8 Å². The van der Waals surface area contributed by atoms with Crippen molar-refractivity contribution in [1.82, 2.24) is 14.8 Å². The van der Waals surface area contributed by atoms with Gasteiger partial charge in [-0.2, -0.15) is 4.98 Å². The fourth-order valence-electron chi connectivity index (χ4n) is 1.91. The summed E-state index contributed by atoms with van der Waals surface area (Å²) in [7, 11) is 0. The van der Waals surface area contributed by atoms with Gasteiger partial charge < -0.3 is 5.32 Å². The Bertz CT molecular complexity index is 639. The fourth-order valence-corrected chi connectivity index (χ4v) is 2.31. The van der Waals surface area contributed by atoms with E-state index < -0.39 is 0 Å². The Balaban J connectivity index is 2.14. The Labute approximate surface area is 126 Å². The molecule has 0 aliphatic rings. The number of nitrogens with zero attached hydrogens (tertiary/aromatic N) is 3. The van der Waals surface area contributed by atoms with Crippen LogP contribution < -0.4 is 5.32 Å². The van der Waals surface area contributed by atoms with Gasteiger partial charge in [0.15, 0.2) is 0 Å². The van der Waals surface area contributed by atoms with Crippen LogP contribution in [0.2, 0.25) is 10.6 Å². The first-order chi connectivity index (χ1) is 9.51. The molecule has 1 amide bonds. The lowest BCUT2D eigenvalue weighted by Gasteiger charge is -2.12. The van der Waals surface area contributed by atoms with Crippen molar-refractivity contribution < 1.29 is 4.79 Å². The molecule has 0 saturated heterocycles. The number of amides is 1. The summed E-state index contributed by atoms with van der Waals surface area (Å²) in [4.78, 5) is 15.8. The van der Waals surface area contributed by atoms with Crippen molar-refractivity contribution in [3.63, 3.8) is 0 Å². The number of carbonyl (C=O) groups is 1. The average molecular weight is 313 g/mol. The summed E-state index contributed by atoms with van der Waals surface area (Å²) in [5.41, 5.74) is 2.93. The molecule has 5 nitrogen and oxygen atoms in total. The number of para-hydroxylation sites is 1. The van der Waals surface area contributed by atoms with Crippen LogP contribution in [0.3, 0.4) is 0 Å². The molecule has 7 heteroatoms. The van der Waals surface area contributed by atoms with Gasteiger partial charge in [-0.05, 0) is 47.7 Å². The predicted octanol–water partition coefficient (Wildman–Crippen LogP) is 3.09. The van der Waals surface area contributed by atoms with Gasteiger partial charge >= 0.3 is 0 Å². The van der Waals surface area contributed by atoms with Crippen LogP contribution in [0.25, 0.3) is 0 Å². The highest BCUT2D eigenvalue weighted by Crippen LogP contribution is 2.21. The molecule has 0 radical (unpaired) electrons. The Hall–Kier alpha value is -1.59. The number of aromatic nitrogens is 3. The molecular weight excluding hydrogens is 299 g/mol. The van der Waals surface area contributed by atoms with E-state index in [1.165, 1.54) is 4.68 Å². The second kappa shape index (κ2) is 6.24. The van der Waals surface area contributed by atoms with E-state index in [9.17, 15) is 4.79 Å². The van der Waals surface area contributed by atoms with Gasteiger partial charge in [-0.15, -0.1) is 5.10 Å². The summed E-state index contributed by atoms with van der Waals surface area (Å²) >= 11 is 11.4. The predicted molar refractivity (Wildman–Crippen MR) is 79.2 cm³/mol. The molecule has 1 N–H and O–H groups in total. The molecule has 2 aromatic rings. The molecule has 0 aliphatic heterocycles. The maximum Gasteiger partial charge on any atom is 0.246 e. The summed E-state index contributed by atoms with van der Waals surface area (Å²) in [6, 6.07) is 5.91. The number of hydrogen-bond acceptors (Lipinski definition) is 3. The largest absolute Gasteiger partial charge is 0.324 e. The van der Waals surface area contributed by atoms with E-state index in [-0.39, 0.29) is 23.0 Å². The zero-order valence-corrected chi connectivity index (χ0v) is 12.7. The van der Waals surface area contributed by atoms with E-state index >= 15 is 0 Å². The van der Waals surface area contributed by atoms with E-state index in [1.807, 2.05) is 32.0 Å². The zero-order valence-electron chi connectivity index (χ0n) is 11.2. The molecule has 0 saturated carbocycles. The van der Waals surface area contributed by atoms with Crippen LogP contribution in [0.15, 0.2) is 18.2 Å². The van der Waals surface area contributed by atoms with Gasteiger partial charge in [-0.25, -0.2) is 4.68 Å². The van der Waals surface area contributed by atoms with E-state index in [2.05, 4.69) is 15.4 Å². The number of carbonyl (C=O) groups excluding carboxylic acids is 1. The number of anilines is 1. The Kier molecular flexibility index (Phi) is 4.62. The number of rotatable bonds is 4. The van der Waals surface area contributed by atoms with Crippen molar-refractivity contribution in [3.8, 4) is 0 Å². The highest BCUT2D eigenvalue weighted by molar-refractivity contribution is 6.31. The van der Waals surface area contributed by atoms with E-state index in [1.54, 1.807) is 0 Å². The molecule has 0 bridgehead atoms. The second-order valence-electron chi connectivity index (χ2n) is 4.32. The molecule has 0 unspecified atom stereocenters. The molecular formula is C13H14Cl2N4O. The third kappa shape index (κ3) is 3.29. The summed E-state index contributed by atoms with van der Waals surface area (Å²) in [6.45, 7) is 3.96. The van der Waals surface area contributed by atoms with Gasteiger partial charge in [0, 0.05) is 5.69 Å². The molecule has 2 rings (SSSR count). The summed E-state index contributed by atoms with van der Waals surface area (Å²) in [5.74, 6) is -0.225. The van der Waals surface area contributed by atoms with Gasteiger partial charge in [0.25, 0.3) is 0 Å². The van der Waals surface area contributed by atoms with Crippen molar-refractivity contribution >= 4 is 34.8 Å². The fraction of sp³-hybridized carbons (Fsp3) is 0.308. The maximum absolute atomic E-state index is 12.1. The summed E-state index contributed by atoms with van der Waals surface area (Å²) in [5, 5.41) is 6.83. The zero-order chi connectivity index (χ0) is 14.7. The quantitative estimate of drug-likeness (QED) is 0.943. The van der Waals surface area contributed by atoms with Crippen molar-refractivity contribution in [2.75, 3.05) is 5.32 Å². The molecule has 0 fully saturated rings. The first-order valence-electron chi connectivity index (χ1n) is 6.15. The van der Waals surface area contributed by atoms with Crippen molar-refractivity contribution in [2.24, 2.45) is 0 Å². The summed E-state index contributed by atoms with van der Waals surface area (Å²) < 4.78 is 1.25. The molecule has 0 spiro atoms. The SMILES string of the molecule is CCc1cccc(C)c1NC(=O)Cn1nc(Cl)nc1Cl. The highest BCUT2D eigenvalue weighted by atomic mass is 35.5. The molecule has 0 aliphatic carbocycles. The van der Waals surface area contributed by atoms with Crippen LogP contribution in [0.4, 0.5) is 5.69 Å². The minimum absolute atomic E-state index is 0.0212. The third-order valence-electron chi connectivity index (χ3n) is 2.90. The van der Waals surface area contributed by atoms with Crippen LogP contribution in [-0.2, 0) is 17.8 Å². The van der Waals surface area contributed by atoms with Crippen LogP contribution in [0.1, 0.15) is 18.1 Å². The number of aryl methyl sites for hydroxylation is 2. The van der Waals surface area contributed by atoms with Gasteiger partial charge in [0.05, 0.1) is 0 Å². The lowest BCUT2D eigenvalue weighted by atomic mass is 10.1. The monoisotopic (exact) mass is 312 g/mol. The number of halogens is 2. The number of benzene rings is 1. The minimum atomic E-state index is -0.225. The lowest BCUT2D eigenvalue weighted by Crippen LogP contribution is -2.21. The van der Waals surface area contributed by atoms with Crippen molar-refractivity contribution in [1.29, 1.82) is 0 Å². The van der Waals surface area contributed by atoms with E-state index in [0.717, 1.165) is 23.2 Å². The Morgan fingerprint density at radius 3 is 2.75 bits per heavy atom. The second-order valence-corrected chi connectivity index (χ2v) is 4.99. The van der Waals surface area contributed by atoms with Crippen LogP contribution in [-0.4, -0.2) is 20.7 Å². The van der Waals surface area contributed by atoms with Gasteiger partial charge in [-0.3, -0.25) is 4.79 Å². The van der Waals surface area contributed by atoms with Gasteiger partial charge in [0.1, 0.15) is 6.54 Å². The lowest BCUT2D eigenvalue weighted by molar-refractivity contribution is -0.116. The summed E-state index contributed by atoms with van der Waals surface area (Å²) in [6.07, 6.45) is 0.840. The topological polar surface area (TPSA) is 59.8 Å². The Morgan fingerprint density at radius 1 is 1.40 bits per heavy atom. The van der Waals surface area contributed by atoms with E-state index in [0.29, 0.717) is 0 Å². The third-order valence-corrected chi connectivity index (χ3v) is 3.34. The molecule has 20 heavy (non-hydrogen) atoms. The van der Waals surface area contributed by atoms with Gasteiger partial charge in [0.2, 0.25) is 16.5 Å². The number of nitrogens with one attached hydrogen (secondary N) is 1. The molecule has 1 heterocycles. The minimum Gasteiger partial charge on any atom is -0.324 e. The molecule has 0 atom stereocenters. The highest BCUT2D eigenvalue weighted by Gasteiger charge is 2.12. The normalized spacial score (nSPS) is 10.6. The van der Waals surface area contributed by atoms with E-state index in [4.69, 9.17) is 23.2 Å². The van der Waals surface area contributed by atoms with Crippen LogP contribution in [0, 0.1) is 6.92 Å². The molecule has 106 valence electrons. The standard InChI is InChI=1S/C13H14Cl2N4O/c1-3-9-6-4-5-8(2)11(9)16-10(20)7-19-13(15)17-12(14)18-19/h4-6H,3,7H2,1-2H3,(H,16,20). The Morgan fingerprint density at radius 2 is 2.15 bits per heavy atom. The first-order valence-corrected chi connectivity index (χ1v) is 6.91. The van der Waals surface area contributed by atoms with Crippen LogP contribution >= 0.6 is 23.2 Å². The average Bonchev–Trinajstić information content (AvgIpc) is 2.70. The maximum atomic E-state index is 12.1. The molecule has 1 aromatic heterocycles. The molecule has 1 aromatic carbocycles. The smallest absolute Gasteiger partial charge is 0.246 e. The number of hydrogen-bond donors (Lipinski definition) is 1. The first kappa shape index (κ1) is 14.8. The van der Waals surface area contributed by atoms with Crippen molar-refractivity contribution in [3.05, 3.63) is 39.9 Å².